The van der Waals surface area contributed by atoms with Crippen molar-refractivity contribution in [3.05, 3.63) is 94.2 Å². The molecule has 1 atom stereocenters. The number of nitrogens with one attached hydrogen (secondary N) is 1. The number of carbonyl (C=O) groups excluding carboxylic acids is 2. The van der Waals surface area contributed by atoms with Crippen LogP contribution in [-0.4, -0.2) is 43.3 Å². The van der Waals surface area contributed by atoms with Crippen LogP contribution in [0.3, 0.4) is 0 Å². The van der Waals surface area contributed by atoms with Crippen molar-refractivity contribution in [2.75, 3.05) is 10.8 Å². The molecular formula is C28H30Cl2FN3O4S. The zero-order chi connectivity index (χ0) is 29.0. The summed E-state index contributed by atoms with van der Waals surface area (Å²) in [6.45, 7) is 6.24. The molecule has 0 saturated carbocycles. The molecule has 0 aliphatic carbocycles. The van der Waals surface area contributed by atoms with E-state index in [1.54, 1.807) is 37.3 Å². The van der Waals surface area contributed by atoms with Gasteiger partial charge in [0.05, 0.1) is 10.6 Å². The Hall–Kier alpha value is -3.14. The first-order valence-corrected chi connectivity index (χ1v) is 14.3. The van der Waals surface area contributed by atoms with E-state index in [1.807, 2.05) is 20.8 Å². The molecule has 0 aromatic heterocycles. The largest absolute Gasteiger partial charge is 0.350 e. The van der Waals surface area contributed by atoms with Crippen LogP contribution in [0.4, 0.5) is 10.1 Å². The fourth-order valence-electron chi connectivity index (χ4n) is 3.75. The number of anilines is 1. The summed E-state index contributed by atoms with van der Waals surface area (Å²) < 4.78 is 41.9. The Morgan fingerprint density at radius 3 is 2.15 bits per heavy atom. The van der Waals surface area contributed by atoms with Crippen LogP contribution in [0.15, 0.2) is 77.7 Å². The maximum absolute atomic E-state index is 13.9. The smallest absolute Gasteiger partial charge is 0.264 e. The highest BCUT2D eigenvalue weighted by atomic mass is 35.5. The van der Waals surface area contributed by atoms with Gasteiger partial charge in [-0.05, 0) is 81.8 Å². The van der Waals surface area contributed by atoms with Gasteiger partial charge in [0, 0.05) is 22.1 Å². The summed E-state index contributed by atoms with van der Waals surface area (Å²) in [6, 6.07) is 16.1. The van der Waals surface area contributed by atoms with E-state index in [-0.39, 0.29) is 22.2 Å². The van der Waals surface area contributed by atoms with Gasteiger partial charge in [-0.2, -0.15) is 0 Å². The number of benzene rings is 3. The van der Waals surface area contributed by atoms with E-state index in [4.69, 9.17) is 23.2 Å². The van der Waals surface area contributed by atoms with Gasteiger partial charge in [-0.25, -0.2) is 12.8 Å². The average molecular weight is 595 g/mol. The number of hydrogen-bond donors (Lipinski definition) is 1. The van der Waals surface area contributed by atoms with Crippen LogP contribution in [-0.2, 0) is 26.2 Å². The highest BCUT2D eigenvalue weighted by Gasteiger charge is 2.33. The lowest BCUT2D eigenvalue weighted by Gasteiger charge is -2.33. The molecule has 208 valence electrons. The first-order valence-electron chi connectivity index (χ1n) is 12.1. The minimum atomic E-state index is -4.24. The predicted octanol–water partition coefficient (Wildman–Crippen LogP) is 5.66. The maximum atomic E-state index is 13.9. The molecule has 3 aromatic carbocycles. The van der Waals surface area contributed by atoms with E-state index in [9.17, 15) is 22.4 Å². The quantitative estimate of drug-likeness (QED) is 0.347. The van der Waals surface area contributed by atoms with Crippen molar-refractivity contribution in [3.8, 4) is 0 Å². The molecule has 11 heteroatoms. The maximum Gasteiger partial charge on any atom is 0.264 e. The lowest BCUT2D eigenvalue weighted by atomic mass is 10.1. The molecule has 39 heavy (non-hydrogen) atoms. The third-order valence-electron chi connectivity index (χ3n) is 5.75. The molecule has 0 fully saturated rings. The molecule has 3 rings (SSSR count). The molecule has 0 spiro atoms. The van der Waals surface area contributed by atoms with Crippen molar-refractivity contribution >= 4 is 50.7 Å². The number of sulfonamides is 1. The normalized spacial score (nSPS) is 12.5. The molecule has 0 saturated heterocycles. The van der Waals surface area contributed by atoms with Gasteiger partial charge >= 0.3 is 0 Å². The van der Waals surface area contributed by atoms with Crippen LogP contribution in [0.25, 0.3) is 0 Å². The molecule has 7 nitrogen and oxygen atoms in total. The predicted molar refractivity (Wildman–Crippen MR) is 152 cm³/mol. The molecule has 0 radical (unpaired) electrons. The van der Waals surface area contributed by atoms with Gasteiger partial charge in [0.2, 0.25) is 11.8 Å². The van der Waals surface area contributed by atoms with Gasteiger partial charge in [-0.3, -0.25) is 13.9 Å². The minimum absolute atomic E-state index is 0.0482. The van der Waals surface area contributed by atoms with Gasteiger partial charge in [-0.1, -0.05) is 47.5 Å². The minimum Gasteiger partial charge on any atom is -0.350 e. The van der Waals surface area contributed by atoms with Gasteiger partial charge in [-0.15, -0.1) is 0 Å². The third-order valence-corrected chi connectivity index (χ3v) is 8.12. The topological polar surface area (TPSA) is 86.8 Å². The molecule has 0 bridgehead atoms. The van der Waals surface area contributed by atoms with Crippen molar-refractivity contribution in [1.82, 2.24) is 10.2 Å². The molecule has 1 N–H and O–H groups in total. The standard InChI is InChI=1S/C28H30Cl2FN3O4S/c1-19(27(36)32-28(2,3)4)33(17-20-10-11-21(29)16-25(20)30)26(35)18-34(23-14-12-22(31)13-15-23)39(37,38)24-8-6-5-7-9-24/h5-16,19H,17-18H2,1-4H3,(H,32,36)/t19-/m0/s1. The fourth-order valence-corrected chi connectivity index (χ4v) is 5.65. The molecule has 0 heterocycles. The van der Waals surface area contributed by atoms with Gasteiger partial charge in [0.1, 0.15) is 18.4 Å². The first kappa shape index (κ1) is 30.4. The summed E-state index contributed by atoms with van der Waals surface area (Å²) in [5, 5.41) is 3.54. The fraction of sp³-hybridized carbons (Fsp3) is 0.286. The monoisotopic (exact) mass is 593 g/mol. The SMILES string of the molecule is C[C@@H](C(=O)NC(C)(C)C)N(Cc1ccc(Cl)cc1Cl)C(=O)CN(c1ccc(F)cc1)S(=O)(=O)c1ccccc1. The van der Waals surface area contributed by atoms with Crippen molar-refractivity contribution < 1.29 is 22.4 Å². The number of carbonyl (C=O) groups is 2. The molecule has 0 unspecified atom stereocenters. The number of amides is 2. The van der Waals surface area contributed by atoms with Crippen LogP contribution >= 0.6 is 23.2 Å². The lowest BCUT2D eigenvalue weighted by molar-refractivity contribution is -0.140. The second kappa shape index (κ2) is 12.4. The number of halogens is 3. The lowest BCUT2D eigenvalue weighted by Crippen LogP contribution is -2.54. The van der Waals surface area contributed by atoms with Gasteiger partial charge in [0.25, 0.3) is 10.0 Å². The Morgan fingerprint density at radius 2 is 1.59 bits per heavy atom. The van der Waals surface area contributed by atoms with Crippen LogP contribution in [0.2, 0.25) is 10.0 Å². The van der Waals surface area contributed by atoms with Gasteiger partial charge in [0.15, 0.2) is 0 Å². The van der Waals surface area contributed by atoms with Crippen molar-refractivity contribution in [3.63, 3.8) is 0 Å². The third kappa shape index (κ3) is 7.94. The number of hydrogen-bond acceptors (Lipinski definition) is 4. The first-order chi connectivity index (χ1) is 18.2. The summed E-state index contributed by atoms with van der Waals surface area (Å²) in [5.74, 6) is -1.66. The van der Waals surface area contributed by atoms with Crippen LogP contribution in [0.5, 0.6) is 0 Å². The molecular weight excluding hydrogens is 564 g/mol. The van der Waals surface area contributed by atoms with Gasteiger partial charge < -0.3 is 10.2 Å². The number of rotatable bonds is 9. The molecule has 0 aliphatic heterocycles. The van der Waals surface area contributed by atoms with E-state index in [0.717, 1.165) is 16.4 Å². The summed E-state index contributed by atoms with van der Waals surface area (Å²) >= 11 is 12.4. The summed E-state index contributed by atoms with van der Waals surface area (Å²) in [4.78, 5) is 28.2. The Labute approximate surface area is 238 Å². The Bertz CT molecular complexity index is 1430. The van der Waals surface area contributed by atoms with E-state index >= 15 is 0 Å². The Balaban J connectivity index is 2.04. The Kier molecular flexibility index (Phi) is 9.64. The molecule has 3 aromatic rings. The van der Waals surface area contributed by atoms with Crippen LogP contribution in [0.1, 0.15) is 33.3 Å². The van der Waals surface area contributed by atoms with Crippen LogP contribution in [0, 0.1) is 5.82 Å². The van der Waals surface area contributed by atoms with E-state index in [0.29, 0.717) is 10.6 Å². The number of nitrogens with zero attached hydrogens (tertiary/aromatic N) is 2. The highest BCUT2D eigenvalue weighted by Crippen LogP contribution is 2.26. The summed E-state index contributed by atoms with van der Waals surface area (Å²) in [6.07, 6.45) is 0. The summed E-state index contributed by atoms with van der Waals surface area (Å²) in [7, 11) is -4.24. The average Bonchev–Trinajstić information content (AvgIpc) is 2.86. The van der Waals surface area contributed by atoms with Crippen molar-refractivity contribution in [2.24, 2.45) is 0 Å². The van der Waals surface area contributed by atoms with Crippen molar-refractivity contribution in [2.45, 2.75) is 50.7 Å². The second-order valence-corrected chi connectivity index (χ2v) is 12.7. The Morgan fingerprint density at radius 1 is 0.974 bits per heavy atom. The zero-order valence-electron chi connectivity index (χ0n) is 22.0. The summed E-state index contributed by atoms with van der Waals surface area (Å²) in [5.41, 5.74) is 0.0309. The molecule has 0 aliphatic rings. The van der Waals surface area contributed by atoms with E-state index in [1.165, 1.54) is 35.2 Å². The van der Waals surface area contributed by atoms with Crippen molar-refractivity contribution in [1.29, 1.82) is 0 Å². The second-order valence-electron chi connectivity index (χ2n) is 9.97. The van der Waals surface area contributed by atoms with E-state index < -0.39 is 45.8 Å². The highest BCUT2D eigenvalue weighted by molar-refractivity contribution is 7.92. The van der Waals surface area contributed by atoms with E-state index in [2.05, 4.69) is 5.32 Å². The molecule has 2 amide bonds. The zero-order valence-corrected chi connectivity index (χ0v) is 24.3. The van der Waals surface area contributed by atoms with Crippen LogP contribution < -0.4 is 9.62 Å².